The quantitative estimate of drug-likeness (QED) is 0.541. The van der Waals surface area contributed by atoms with Crippen molar-refractivity contribution in [1.29, 1.82) is 0 Å². The molecule has 0 saturated heterocycles. The van der Waals surface area contributed by atoms with Crippen molar-refractivity contribution in [1.82, 2.24) is 19.6 Å². The van der Waals surface area contributed by atoms with Crippen LogP contribution < -0.4 is 10.9 Å². The molecule has 2 aromatic heterocycles. The predicted molar refractivity (Wildman–Crippen MR) is 96.8 cm³/mol. The number of nitrogens with zero attached hydrogens (tertiary/aromatic N) is 5. The molecule has 0 aliphatic heterocycles. The van der Waals surface area contributed by atoms with Crippen LogP contribution in [0.15, 0.2) is 53.6 Å². The fourth-order valence-corrected chi connectivity index (χ4v) is 2.47. The zero-order valence-corrected chi connectivity index (χ0v) is 14.6. The second kappa shape index (κ2) is 7.20. The summed E-state index contributed by atoms with van der Waals surface area (Å²) in [6.45, 7) is 3.19. The minimum absolute atomic E-state index is 0.0663. The van der Waals surface area contributed by atoms with Crippen molar-refractivity contribution in [3.8, 4) is 5.82 Å². The third-order valence-corrected chi connectivity index (χ3v) is 3.98. The van der Waals surface area contributed by atoms with Crippen LogP contribution in [-0.4, -0.2) is 30.4 Å². The Morgan fingerprint density at radius 1 is 1.30 bits per heavy atom. The summed E-state index contributed by atoms with van der Waals surface area (Å²) in [6.07, 6.45) is 3.24. The number of aryl methyl sites for hydroxylation is 1. The summed E-state index contributed by atoms with van der Waals surface area (Å²) in [6, 6.07) is 7.75. The number of hydrogen-bond donors (Lipinski definition) is 1. The zero-order valence-electron chi connectivity index (χ0n) is 14.6. The number of nitro benzene ring substituents is 1. The molecule has 27 heavy (non-hydrogen) atoms. The molecule has 0 radical (unpaired) electrons. The first-order valence-corrected chi connectivity index (χ1v) is 8.02. The van der Waals surface area contributed by atoms with Crippen molar-refractivity contribution in [3.05, 3.63) is 74.8 Å². The highest BCUT2D eigenvalue weighted by Gasteiger charge is 2.19. The van der Waals surface area contributed by atoms with E-state index in [2.05, 4.69) is 15.5 Å². The van der Waals surface area contributed by atoms with Crippen LogP contribution in [-0.2, 0) is 4.79 Å². The highest BCUT2D eigenvalue weighted by molar-refractivity contribution is 5.94. The Morgan fingerprint density at radius 2 is 2.07 bits per heavy atom. The van der Waals surface area contributed by atoms with Crippen molar-refractivity contribution in [2.45, 2.75) is 19.9 Å². The average molecular weight is 368 g/mol. The van der Waals surface area contributed by atoms with Gasteiger partial charge >= 0.3 is 0 Å². The molecule has 0 bridgehead atoms. The highest BCUT2D eigenvalue weighted by Crippen LogP contribution is 2.22. The lowest BCUT2D eigenvalue weighted by Crippen LogP contribution is -2.33. The van der Waals surface area contributed by atoms with Gasteiger partial charge in [-0.25, -0.2) is 9.36 Å². The van der Waals surface area contributed by atoms with Gasteiger partial charge in [-0.2, -0.15) is 5.10 Å². The minimum atomic E-state index is -0.900. The van der Waals surface area contributed by atoms with Gasteiger partial charge in [-0.3, -0.25) is 19.7 Å². The number of aromatic nitrogens is 4. The Bertz CT molecular complexity index is 1060. The number of carbonyl (C=O) groups is 1. The topological polar surface area (TPSA) is 125 Å². The summed E-state index contributed by atoms with van der Waals surface area (Å²) in [5.74, 6) is -0.0788. The van der Waals surface area contributed by atoms with Crippen LogP contribution in [0.1, 0.15) is 18.5 Å². The highest BCUT2D eigenvalue weighted by atomic mass is 16.6. The van der Waals surface area contributed by atoms with Gasteiger partial charge in [-0.15, -0.1) is 5.10 Å². The monoisotopic (exact) mass is 368 g/mol. The number of amides is 1. The summed E-state index contributed by atoms with van der Waals surface area (Å²) >= 11 is 0. The van der Waals surface area contributed by atoms with Gasteiger partial charge in [0.15, 0.2) is 5.82 Å². The summed E-state index contributed by atoms with van der Waals surface area (Å²) < 4.78 is 2.54. The van der Waals surface area contributed by atoms with Crippen molar-refractivity contribution < 1.29 is 9.72 Å². The Balaban J connectivity index is 1.85. The first-order valence-electron chi connectivity index (χ1n) is 8.02. The molecule has 1 amide bonds. The number of non-ortho nitro benzene ring substituents is 1. The molecule has 0 spiro atoms. The van der Waals surface area contributed by atoms with Crippen molar-refractivity contribution in [2.24, 2.45) is 0 Å². The van der Waals surface area contributed by atoms with E-state index in [1.807, 2.05) is 0 Å². The van der Waals surface area contributed by atoms with Gasteiger partial charge in [0.2, 0.25) is 5.91 Å². The molecule has 0 saturated carbocycles. The van der Waals surface area contributed by atoms with Crippen LogP contribution in [0.4, 0.5) is 11.4 Å². The second-order valence-corrected chi connectivity index (χ2v) is 5.85. The first-order chi connectivity index (χ1) is 12.9. The van der Waals surface area contributed by atoms with Crippen LogP contribution in [0.3, 0.4) is 0 Å². The molecule has 10 heteroatoms. The Labute approximate surface area is 153 Å². The molecule has 1 aromatic carbocycles. The number of benzene rings is 1. The maximum Gasteiger partial charge on any atom is 0.269 e. The van der Waals surface area contributed by atoms with Gasteiger partial charge in [0.25, 0.3) is 11.2 Å². The van der Waals surface area contributed by atoms with Crippen LogP contribution >= 0.6 is 0 Å². The van der Waals surface area contributed by atoms with E-state index in [4.69, 9.17) is 0 Å². The number of nitro groups is 1. The Morgan fingerprint density at radius 3 is 2.70 bits per heavy atom. The van der Waals surface area contributed by atoms with E-state index in [0.717, 1.165) is 4.68 Å². The largest absolute Gasteiger partial charge is 0.324 e. The van der Waals surface area contributed by atoms with Crippen LogP contribution in [0.5, 0.6) is 0 Å². The third-order valence-electron chi connectivity index (χ3n) is 3.98. The van der Waals surface area contributed by atoms with E-state index in [-0.39, 0.29) is 5.69 Å². The molecule has 1 unspecified atom stereocenters. The van der Waals surface area contributed by atoms with E-state index in [0.29, 0.717) is 17.1 Å². The number of rotatable bonds is 5. The number of carbonyl (C=O) groups excluding carboxylic acids is 1. The molecule has 2 heterocycles. The molecule has 138 valence electrons. The number of hydrogen-bond acceptors (Lipinski definition) is 6. The van der Waals surface area contributed by atoms with Crippen molar-refractivity contribution >= 4 is 17.3 Å². The molecule has 0 aliphatic carbocycles. The van der Waals surface area contributed by atoms with Gasteiger partial charge in [-0.1, -0.05) is 0 Å². The van der Waals surface area contributed by atoms with Crippen molar-refractivity contribution in [2.75, 3.05) is 5.32 Å². The lowest BCUT2D eigenvalue weighted by atomic mass is 10.1. The van der Waals surface area contributed by atoms with Crippen LogP contribution in [0, 0.1) is 17.0 Å². The molecule has 1 atom stereocenters. The lowest BCUT2D eigenvalue weighted by Gasteiger charge is -2.15. The maximum absolute atomic E-state index is 12.6. The van der Waals surface area contributed by atoms with Gasteiger partial charge in [-0.05, 0) is 37.6 Å². The molecular weight excluding hydrogens is 352 g/mol. The molecule has 10 nitrogen and oxygen atoms in total. The minimum Gasteiger partial charge on any atom is -0.324 e. The molecular formula is C17H16N6O4. The molecule has 3 aromatic rings. The summed E-state index contributed by atoms with van der Waals surface area (Å²) in [7, 11) is 0. The summed E-state index contributed by atoms with van der Waals surface area (Å²) in [5.41, 5.74) is 0.460. The summed E-state index contributed by atoms with van der Waals surface area (Å²) in [5, 5.41) is 21.7. The SMILES string of the molecule is Cc1cc([N+](=O)[O-])ccc1NC(=O)C(C)n1nc(-n2cccn2)ccc1=O. The van der Waals surface area contributed by atoms with E-state index >= 15 is 0 Å². The normalized spacial score (nSPS) is 11.8. The standard InChI is InChI=1S/C17H16N6O4/c1-11-10-13(23(26)27)4-5-14(11)19-17(25)12(2)22-16(24)7-6-15(20-22)21-9-3-8-18-21/h3-10,12H,1-2H3,(H,19,25). The second-order valence-electron chi connectivity index (χ2n) is 5.85. The van der Waals surface area contributed by atoms with Crippen LogP contribution in [0.2, 0.25) is 0 Å². The van der Waals surface area contributed by atoms with E-state index in [9.17, 15) is 19.7 Å². The predicted octanol–water partition coefficient (Wildman–Crippen LogP) is 1.85. The maximum atomic E-state index is 12.6. The fraction of sp³-hybridized carbons (Fsp3) is 0.176. The Hall–Kier alpha value is -3.82. The molecule has 3 rings (SSSR count). The summed E-state index contributed by atoms with van der Waals surface area (Å²) in [4.78, 5) is 35.0. The molecule has 1 N–H and O–H groups in total. The van der Waals surface area contributed by atoms with E-state index in [1.54, 1.807) is 25.4 Å². The van der Waals surface area contributed by atoms with Gasteiger partial charge in [0.1, 0.15) is 6.04 Å². The fourth-order valence-electron chi connectivity index (χ4n) is 2.47. The van der Waals surface area contributed by atoms with Gasteiger partial charge < -0.3 is 5.32 Å². The zero-order chi connectivity index (χ0) is 19.6. The smallest absolute Gasteiger partial charge is 0.269 e. The third kappa shape index (κ3) is 3.73. The van der Waals surface area contributed by atoms with Crippen LogP contribution in [0.25, 0.3) is 5.82 Å². The lowest BCUT2D eigenvalue weighted by molar-refractivity contribution is -0.384. The Kier molecular flexibility index (Phi) is 4.79. The first kappa shape index (κ1) is 18.0. The number of anilines is 1. The van der Waals surface area contributed by atoms with Gasteiger partial charge in [0.05, 0.1) is 4.92 Å². The average Bonchev–Trinajstić information content (AvgIpc) is 3.17. The van der Waals surface area contributed by atoms with Gasteiger partial charge in [0, 0.05) is 36.3 Å². The molecule has 0 aliphatic rings. The van der Waals surface area contributed by atoms with E-state index in [1.165, 1.54) is 41.9 Å². The number of nitrogens with one attached hydrogen (secondary N) is 1. The molecule has 0 fully saturated rings. The van der Waals surface area contributed by atoms with E-state index < -0.39 is 22.4 Å². The van der Waals surface area contributed by atoms with Crippen molar-refractivity contribution in [3.63, 3.8) is 0 Å².